The third-order valence-corrected chi connectivity index (χ3v) is 5.92. The number of nitrogens with zero attached hydrogens (tertiary/aromatic N) is 4. The summed E-state index contributed by atoms with van der Waals surface area (Å²) in [6, 6.07) is 0. The second kappa shape index (κ2) is 10.2. The summed E-state index contributed by atoms with van der Waals surface area (Å²) >= 11 is 0. The molecule has 0 bridgehead atoms. The molecule has 0 aromatic heterocycles. The van der Waals surface area contributed by atoms with Crippen LogP contribution >= 0.6 is 0 Å². The number of carboxylic acid groups (broad SMARTS) is 4. The molecule has 0 spiro atoms. The van der Waals surface area contributed by atoms with Gasteiger partial charge in [0, 0.05) is 37.3 Å². The van der Waals surface area contributed by atoms with Crippen molar-refractivity contribution in [1.82, 2.24) is 19.8 Å². The summed E-state index contributed by atoms with van der Waals surface area (Å²) in [5, 5.41) is 40.3. The van der Waals surface area contributed by atoms with Gasteiger partial charge in [0.1, 0.15) is 13.1 Å². The molecule has 0 unspecified atom stereocenters. The van der Waals surface area contributed by atoms with E-state index in [0.29, 0.717) is 0 Å². The highest BCUT2D eigenvalue weighted by atomic mass is 16.4. The van der Waals surface area contributed by atoms with E-state index in [2.05, 4.69) is 0 Å². The molecule has 172 valence electrons. The molecule has 1 heterocycles. The first-order valence-electron chi connectivity index (χ1n) is 9.55. The molecule has 0 radical (unpaired) electrons. The molecule has 1 aliphatic rings. The number of carbonyl (C=O) groups is 4. The molecule has 4 N–H and O–H groups in total. The first-order valence-corrected chi connectivity index (χ1v) is 9.55. The van der Waals surface area contributed by atoms with Crippen LogP contribution in [0.5, 0.6) is 0 Å². The van der Waals surface area contributed by atoms with Crippen molar-refractivity contribution >= 4 is 23.9 Å². The predicted molar refractivity (Wildman–Crippen MR) is 105 cm³/mol. The van der Waals surface area contributed by atoms with Gasteiger partial charge in [-0.2, -0.15) is 0 Å². The van der Waals surface area contributed by atoms with Crippen LogP contribution in [-0.2, 0) is 19.2 Å². The van der Waals surface area contributed by atoms with E-state index in [9.17, 15) is 39.6 Å². The fourth-order valence-electron chi connectivity index (χ4n) is 3.62. The van der Waals surface area contributed by atoms with E-state index < -0.39 is 48.0 Å². The van der Waals surface area contributed by atoms with Gasteiger partial charge in [-0.3, -0.25) is 29.0 Å². The van der Waals surface area contributed by atoms with E-state index in [1.54, 1.807) is 37.5 Å². The zero-order valence-electron chi connectivity index (χ0n) is 17.9. The minimum atomic E-state index is -1.17. The standard InChI is InChI=1S/C18H32N4O8/c1-17(2)18(3,4)22(12-16(29)30)21(11-15(27)28)8-6-19(9-13(23)24)5-7-20(17)10-14(25)26/h5-12H2,1-4H3,(H,23,24)(H,25,26)(H,27,28)(H,29,30). The molecule has 12 nitrogen and oxygen atoms in total. The van der Waals surface area contributed by atoms with Gasteiger partial charge in [0.25, 0.3) is 0 Å². The molecule has 0 atom stereocenters. The lowest BCUT2D eigenvalue weighted by Crippen LogP contribution is -2.71. The Morgan fingerprint density at radius 3 is 1.57 bits per heavy atom. The quantitative estimate of drug-likeness (QED) is 0.371. The van der Waals surface area contributed by atoms with Crippen LogP contribution in [-0.4, -0.2) is 128 Å². The predicted octanol–water partition coefficient (Wildman–Crippen LogP) is -0.981. The zero-order valence-corrected chi connectivity index (χ0v) is 17.9. The van der Waals surface area contributed by atoms with Crippen LogP contribution in [0.15, 0.2) is 0 Å². The van der Waals surface area contributed by atoms with Gasteiger partial charge in [-0.15, -0.1) is 0 Å². The summed E-state index contributed by atoms with van der Waals surface area (Å²) in [4.78, 5) is 49.1. The van der Waals surface area contributed by atoms with Gasteiger partial charge in [0.2, 0.25) is 0 Å². The summed E-state index contributed by atoms with van der Waals surface area (Å²) < 4.78 is 0. The molecule has 0 amide bonds. The van der Waals surface area contributed by atoms with Gasteiger partial charge in [-0.25, -0.2) is 10.0 Å². The van der Waals surface area contributed by atoms with Gasteiger partial charge < -0.3 is 20.4 Å². The van der Waals surface area contributed by atoms with E-state index in [1.165, 1.54) is 10.0 Å². The summed E-state index contributed by atoms with van der Waals surface area (Å²) in [5.41, 5.74) is -1.89. The van der Waals surface area contributed by atoms with Crippen molar-refractivity contribution in [3.8, 4) is 0 Å². The molecule has 1 aliphatic heterocycles. The fraction of sp³-hybridized carbons (Fsp3) is 0.778. The van der Waals surface area contributed by atoms with Gasteiger partial charge in [0.15, 0.2) is 0 Å². The number of rotatable bonds is 8. The van der Waals surface area contributed by atoms with Crippen molar-refractivity contribution in [2.45, 2.75) is 38.8 Å². The maximum Gasteiger partial charge on any atom is 0.319 e. The van der Waals surface area contributed by atoms with Crippen molar-refractivity contribution in [3.05, 3.63) is 0 Å². The van der Waals surface area contributed by atoms with Crippen molar-refractivity contribution in [3.63, 3.8) is 0 Å². The molecule has 0 aromatic carbocycles. The Bertz CT molecular complexity index is 667. The first-order chi connectivity index (χ1) is 13.7. The van der Waals surface area contributed by atoms with Gasteiger partial charge >= 0.3 is 23.9 Å². The number of carboxylic acids is 4. The Morgan fingerprint density at radius 2 is 1.10 bits per heavy atom. The molecule has 1 rings (SSSR count). The fourth-order valence-corrected chi connectivity index (χ4v) is 3.62. The molecule has 1 saturated heterocycles. The SMILES string of the molecule is CC1(C)N(CC(=O)O)CCN(CC(=O)O)CCN(CC(=O)O)N(CC(=O)O)C1(C)C. The molecule has 1 fully saturated rings. The number of hydrogen-bond acceptors (Lipinski definition) is 8. The molecular formula is C18H32N4O8. The number of hydrogen-bond donors (Lipinski definition) is 4. The van der Waals surface area contributed by atoms with Crippen molar-refractivity contribution in [1.29, 1.82) is 0 Å². The van der Waals surface area contributed by atoms with Crippen LogP contribution < -0.4 is 0 Å². The van der Waals surface area contributed by atoms with Crippen LogP contribution in [0.2, 0.25) is 0 Å². The molecule has 30 heavy (non-hydrogen) atoms. The highest BCUT2D eigenvalue weighted by Gasteiger charge is 2.49. The van der Waals surface area contributed by atoms with Crippen LogP contribution in [0.1, 0.15) is 27.7 Å². The molecular weight excluding hydrogens is 400 g/mol. The lowest BCUT2D eigenvalue weighted by atomic mass is 9.79. The van der Waals surface area contributed by atoms with Crippen LogP contribution in [0.3, 0.4) is 0 Å². The maximum atomic E-state index is 11.6. The van der Waals surface area contributed by atoms with Crippen molar-refractivity contribution < 1.29 is 39.6 Å². The monoisotopic (exact) mass is 432 g/mol. The zero-order chi connectivity index (χ0) is 23.3. The topological polar surface area (TPSA) is 162 Å². The summed E-state index contributed by atoms with van der Waals surface area (Å²) in [5.74, 6) is -4.47. The summed E-state index contributed by atoms with van der Waals surface area (Å²) in [6.45, 7) is 6.21. The Morgan fingerprint density at radius 1 is 0.633 bits per heavy atom. The smallest absolute Gasteiger partial charge is 0.319 e. The Labute approximate surface area is 175 Å². The molecule has 0 saturated carbocycles. The minimum Gasteiger partial charge on any atom is -0.480 e. The number of hydrazine groups is 1. The summed E-state index contributed by atoms with van der Waals surface area (Å²) in [7, 11) is 0. The third kappa shape index (κ3) is 6.62. The number of aliphatic carboxylic acids is 4. The van der Waals surface area contributed by atoms with E-state index in [4.69, 9.17) is 0 Å². The average molecular weight is 432 g/mol. The van der Waals surface area contributed by atoms with Gasteiger partial charge in [-0.05, 0) is 27.7 Å². The van der Waals surface area contributed by atoms with E-state index in [1.807, 2.05) is 0 Å². The Hall–Kier alpha value is -2.28. The van der Waals surface area contributed by atoms with Gasteiger partial charge in [0.05, 0.1) is 13.1 Å². The van der Waals surface area contributed by atoms with Crippen molar-refractivity contribution in [2.75, 3.05) is 52.4 Å². The highest BCUT2D eigenvalue weighted by Crippen LogP contribution is 2.35. The molecule has 0 aliphatic carbocycles. The third-order valence-electron chi connectivity index (χ3n) is 5.92. The van der Waals surface area contributed by atoms with Crippen LogP contribution in [0.25, 0.3) is 0 Å². The first kappa shape index (κ1) is 25.8. The van der Waals surface area contributed by atoms with Gasteiger partial charge in [-0.1, -0.05) is 0 Å². The minimum absolute atomic E-state index is 0.102. The maximum absolute atomic E-state index is 11.6. The summed E-state index contributed by atoms with van der Waals surface area (Å²) in [6.07, 6.45) is 0. The lowest BCUT2D eigenvalue weighted by Gasteiger charge is -2.56. The molecule has 12 heteroatoms. The van der Waals surface area contributed by atoms with Crippen molar-refractivity contribution in [2.24, 2.45) is 0 Å². The van der Waals surface area contributed by atoms with Crippen LogP contribution in [0, 0.1) is 0 Å². The average Bonchev–Trinajstić information content (AvgIpc) is 2.57. The normalized spacial score (nSPS) is 21.7. The van der Waals surface area contributed by atoms with E-state index in [-0.39, 0.29) is 39.3 Å². The Balaban J connectivity index is 3.50. The molecule has 0 aromatic rings. The highest BCUT2D eigenvalue weighted by molar-refractivity contribution is 5.71. The van der Waals surface area contributed by atoms with E-state index >= 15 is 0 Å². The second-order valence-corrected chi connectivity index (χ2v) is 8.34. The lowest BCUT2D eigenvalue weighted by molar-refractivity contribution is -0.183. The Kier molecular flexibility index (Phi) is 8.72. The largest absolute Gasteiger partial charge is 0.480 e. The second-order valence-electron chi connectivity index (χ2n) is 8.34. The van der Waals surface area contributed by atoms with E-state index in [0.717, 1.165) is 0 Å². The van der Waals surface area contributed by atoms with Crippen LogP contribution in [0.4, 0.5) is 0 Å².